The summed E-state index contributed by atoms with van der Waals surface area (Å²) in [6.07, 6.45) is 3.96. The highest BCUT2D eigenvalue weighted by atomic mass is 16.2. The molecule has 0 bridgehead atoms. The lowest BCUT2D eigenvalue weighted by Gasteiger charge is -2.20. The molecule has 0 radical (unpaired) electrons. The van der Waals surface area contributed by atoms with Gasteiger partial charge in [0.15, 0.2) is 0 Å². The average molecular weight is 232 g/mol. The van der Waals surface area contributed by atoms with E-state index in [1.807, 2.05) is 64.1 Å². The summed E-state index contributed by atoms with van der Waals surface area (Å²) >= 11 is 0. The molecule has 92 valence electrons. The van der Waals surface area contributed by atoms with Crippen LogP contribution in [0.5, 0.6) is 0 Å². The smallest absolute Gasteiger partial charge is 0.265 e. The molecule has 3 heteroatoms. The van der Waals surface area contributed by atoms with Gasteiger partial charge in [0.2, 0.25) is 0 Å². The van der Waals surface area contributed by atoms with Gasteiger partial charge in [-0.05, 0) is 45.4 Å². The number of hydrogen-bond donors (Lipinski definition) is 2. The molecule has 1 amide bonds. The SMILES string of the molecule is C/C=C/c1ccc(C(=O)NNC(C)(C)C)cc1. The Bertz CT molecular complexity index is 399. The van der Waals surface area contributed by atoms with Crippen LogP contribution >= 0.6 is 0 Å². The van der Waals surface area contributed by atoms with Gasteiger partial charge in [-0.1, -0.05) is 24.3 Å². The van der Waals surface area contributed by atoms with E-state index in [9.17, 15) is 4.79 Å². The van der Waals surface area contributed by atoms with Gasteiger partial charge in [0, 0.05) is 11.1 Å². The van der Waals surface area contributed by atoms with Crippen LogP contribution in [0.2, 0.25) is 0 Å². The van der Waals surface area contributed by atoms with Crippen molar-refractivity contribution >= 4 is 12.0 Å². The first kappa shape index (κ1) is 13.5. The highest BCUT2D eigenvalue weighted by Gasteiger charge is 2.11. The quantitative estimate of drug-likeness (QED) is 0.787. The molecule has 0 heterocycles. The van der Waals surface area contributed by atoms with E-state index in [1.165, 1.54) is 0 Å². The molecule has 0 aliphatic rings. The van der Waals surface area contributed by atoms with Crippen molar-refractivity contribution in [2.45, 2.75) is 33.2 Å². The van der Waals surface area contributed by atoms with Gasteiger partial charge < -0.3 is 0 Å². The maximum absolute atomic E-state index is 11.8. The third-order valence-corrected chi connectivity index (χ3v) is 2.08. The summed E-state index contributed by atoms with van der Waals surface area (Å²) in [6.45, 7) is 7.93. The highest BCUT2D eigenvalue weighted by Crippen LogP contribution is 2.06. The minimum absolute atomic E-state index is 0.119. The van der Waals surface area contributed by atoms with E-state index in [2.05, 4.69) is 10.9 Å². The molecule has 0 aliphatic heterocycles. The Morgan fingerprint density at radius 3 is 2.24 bits per heavy atom. The lowest BCUT2D eigenvalue weighted by molar-refractivity contribution is 0.0914. The zero-order chi connectivity index (χ0) is 12.9. The lowest BCUT2D eigenvalue weighted by atomic mass is 10.1. The van der Waals surface area contributed by atoms with Crippen molar-refractivity contribution in [3.63, 3.8) is 0 Å². The summed E-state index contributed by atoms with van der Waals surface area (Å²) in [4.78, 5) is 11.8. The summed E-state index contributed by atoms with van der Waals surface area (Å²) in [6, 6.07) is 7.47. The molecular formula is C14H20N2O. The number of rotatable bonds is 3. The number of carbonyl (C=O) groups is 1. The first-order chi connectivity index (χ1) is 7.92. The van der Waals surface area contributed by atoms with Crippen LogP contribution in [0.3, 0.4) is 0 Å². The van der Waals surface area contributed by atoms with Crippen LogP contribution in [0, 0.1) is 0 Å². The second kappa shape index (κ2) is 5.64. The van der Waals surface area contributed by atoms with E-state index in [-0.39, 0.29) is 11.4 Å². The molecule has 1 aromatic carbocycles. The third kappa shape index (κ3) is 4.83. The van der Waals surface area contributed by atoms with Gasteiger partial charge in [-0.25, -0.2) is 5.43 Å². The zero-order valence-electron chi connectivity index (χ0n) is 10.9. The predicted molar refractivity (Wildman–Crippen MR) is 71.5 cm³/mol. The number of amides is 1. The minimum atomic E-state index is -0.138. The second-order valence-corrected chi connectivity index (χ2v) is 4.95. The van der Waals surface area contributed by atoms with Crippen molar-refractivity contribution in [3.05, 3.63) is 41.5 Å². The number of nitrogens with one attached hydrogen (secondary N) is 2. The molecule has 0 saturated carbocycles. The highest BCUT2D eigenvalue weighted by molar-refractivity contribution is 5.94. The number of benzene rings is 1. The fraction of sp³-hybridized carbons (Fsp3) is 0.357. The molecule has 1 rings (SSSR count). The molecule has 0 aliphatic carbocycles. The van der Waals surface area contributed by atoms with Crippen molar-refractivity contribution in [2.75, 3.05) is 0 Å². The topological polar surface area (TPSA) is 41.1 Å². The standard InChI is InChI=1S/C14H20N2O/c1-5-6-11-7-9-12(10-8-11)13(17)15-16-14(2,3)4/h5-10,16H,1-4H3,(H,15,17)/b6-5+. The summed E-state index contributed by atoms with van der Waals surface area (Å²) < 4.78 is 0. The first-order valence-electron chi connectivity index (χ1n) is 5.72. The summed E-state index contributed by atoms with van der Waals surface area (Å²) in [5.74, 6) is -0.119. The Kier molecular flexibility index (Phi) is 4.46. The molecule has 0 fully saturated rings. The Morgan fingerprint density at radius 1 is 1.18 bits per heavy atom. The lowest BCUT2D eigenvalue weighted by Crippen LogP contribution is -2.48. The van der Waals surface area contributed by atoms with Gasteiger partial charge in [-0.15, -0.1) is 0 Å². The van der Waals surface area contributed by atoms with E-state index >= 15 is 0 Å². The van der Waals surface area contributed by atoms with Crippen molar-refractivity contribution < 1.29 is 4.79 Å². The monoisotopic (exact) mass is 232 g/mol. The van der Waals surface area contributed by atoms with E-state index in [0.29, 0.717) is 5.56 Å². The molecule has 17 heavy (non-hydrogen) atoms. The Labute approximate surface area is 103 Å². The molecule has 1 aromatic rings. The van der Waals surface area contributed by atoms with Gasteiger partial charge >= 0.3 is 0 Å². The molecule has 0 saturated heterocycles. The van der Waals surface area contributed by atoms with Gasteiger partial charge in [0.25, 0.3) is 5.91 Å². The van der Waals surface area contributed by atoms with Crippen molar-refractivity contribution in [1.82, 2.24) is 10.9 Å². The first-order valence-corrected chi connectivity index (χ1v) is 5.72. The fourth-order valence-electron chi connectivity index (χ4n) is 1.25. The van der Waals surface area contributed by atoms with Crippen LogP contribution < -0.4 is 10.9 Å². The summed E-state index contributed by atoms with van der Waals surface area (Å²) in [5, 5.41) is 0. The Morgan fingerprint density at radius 2 is 1.76 bits per heavy atom. The fourth-order valence-corrected chi connectivity index (χ4v) is 1.25. The third-order valence-electron chi connectivity index (χ3n) is 2.08. The molecule has 2 N–H and O–H groups in total. The largest absolute Gasteiger partial charge is 0.287 e. The van der Waals surface area contributed by atoms with Crippen molar-refractivity contribution in [1.29, 1.82) is 0 Å². The number of carbonyl (C=O) groups excluding carboxylic acids is 1. The number of allylic oxidation sites excluding steroid dienone is 1. The van der Waals surface area contributed by atoms with Gasteiger partial charge in [0.1, 0.15) is 0 Å². The van der Waals surface area contributed by atoms with E-state index in [0.717, 1.165) is 5.56 Å². The molecule has 0 aromatic heterocycles. The van der Waals surface area contributed by atoms with E-state index in [4.69, 9.17) is 0 Å². The molecule has 3 nitrogen and oxygen atoms in total. The van der Waals surface area contributed by atoms with Crippen LogP contribution in [0.15, 0.2) is 30.3 Å². The maximum Gasteiger partial charge on any atom is 0.265 e. The van der Waals surface area contributed by atoms with Gasteiger partial charge in [-0.3, -0.25) is 10.2 Å². The molecular weight excluding hydrogens is 212 g/mol. The van der Waals surface area contributed by atoms with Crippen LogP contribution in [0.4, 0.5) is 0 Å². The minimum Gasteiger partial charge on any atom is -0.287 e. The van der Waals surface area contributed by atoms with E-state index in [1.54, 1.807) is 0 Å². The molecule has 0 spiro atoms. The summed E-state index contributed by atoms with van der Waals surface area (Å²) in [7, 11) is 0. The van der Waals surface area contributed by atoms with Crippen LogP contribution in [-0.2, 0) is 0 Å². The van der Waals surface area contributed by atoms with Crippen molar-refractivity contribution in [2.24, 2.45) is 0 Å². The van der Waals surface area contributed by atoms with E-state index < -0.39 is 0 Å². The molecule has 0 unspecified atom stereocenters. The van der Waals surface area contributed by atoms with Crippen molar-refractivity contribution in [3.8, 4) is 0 Å². The summed E-state index contributed by atoms with van der Waals surface area (Å²) in [5.41, 5.74) is 7.23. The maximum atomic E-state index is 11.8. The van der Waals surface area contributed by atoms with Crippen LogP contribution in [0.1, 0.15) is 43.6 Å². The average Bonchev–Trinajstić information content (AvgIpc) is 2.26. The Hall–Kier alpha value is -1.61. The van der Waals surface area contributed by atoms with Crippen LogP contribution in [0.25, 0.3) is 6.08 Å². The predicted octanol–water partition coefficient (Wildman–Crippen LogP) is 2.75. The van der Waals surface area contributed by atoms with Gasteiger partial charge in [0.05, 0.1) is 0 Å². The zero-order valence-corrected chi connectivity index (χ0v) is 10.9. The van der Waals surface area contributed by atoms with Crippen LogP contribution in [-0.4, -0.2) is 11.4 Å². The number of hydrogen-bond acceptors (Lipinski definition) is 2. The van der Waals surface area contributed by atoms with Gasteiger partial charge in [-0.2, -0.15) is 0 Å². The normalized spacial score (nSPS) is 11.8. The number of hydrazine groups is 1. The molecule has 0 atom stereocenters. The Balaban J connectivity index is 2.64. The second-order valence-electron chi connectivity index (χ2n) is 4.95.